The second kappa shape index (κ2) is 8.49. The van der Waals surface area contributed by atoms with Gasteiger partial charge < -0.3 is 4.74 Å². The maximum atomic E-state index is 13.6. The number of nitrogens with one attached hydrogen (secondary N) is 1. The average Bonchev–Trinajstić information content (AvgIpc) is 3.50. The van der Waals surface area contributed by atoms with Crippen molar-refractivity contribution in [3.8, 4) is 5.69 Å². The summed E-state index contributed by atoms with van der Waals surface area (Å²) in [5.41, 5.74) is 1.60. The van der Waals surface area contributed by atoms with Gasteiger partial charge in [0.15, 0.2) is 12.4 Å². The number of imide groups is 1. The highest BCUT2D eigenvalue weighted by Gasteiger charge is 2.48. The van der Waals surface area contributed by atoms with Crippen LogP contribution in [0.4, 0.5) is 4.39 Å². The maximum absolute atomic E-state index is 13.6. The molecule has 2 aliphatic heterocycles. The van der Waals surface area contributed by atoms with Crippen molar-refractivity contribution in [1.29, 1.82) is 0 Å². The smallest absolute Gasteiger partial charge is 0.327 e. The number of H-pyrrole nitrogens is 1. The van der Waals surface area contributed by atoms with Crippen molar-refractivity contribution in [3.63, 3.8) is 0 Å². The second-order valence-electron chi connectivity index (χ2n) is 8.59. The monoisotopic (exact) mass is 463 g/mol. The Balaban J connectivity index is 1.66. The highest BCUT2D eigenvalue weighted by atomic mass is 19.1. The van der Waals surface area contributed by atoms with Gasteiger partial charge in [-0.15, -0.1) is 0 Å². The fraction of sp³-hybridized carbons (Fsp3) is 0.280. The van der Waals surface area contributed by atoms with Gasteiger partial charge in [-0.05, 0) is 56.5 Å². The molecule has 2 aliphatic rings. The van der Waals surface area contributed by atoms with Crippen molar-refractivity contribution < 1.29 is 23.3 Å². The topological polar surface area (TPSA) is 88.3 Å². The van der Waals surface area contributed by atoms with E-state index in [1.165, 1.54) is 33.8 Å². The molecule has 3 aromatic rings. The van der Waals surface area contributed by atoms with Crippen molar-refractivity contribution in [1.82, 2.24) is 14.7 Å². The van der Waals surface area contributed by atoms with Crippen LogP contribution in [0.15, 0.2) is 53.6 Å². The van der Waals surface area contributed by atoms with Gasteiger partial charge in [0.05, 0.1) is 23.9 Å². The highest BCUT2D eigenvalue weighted by molar-refractivity contribution is 6.44. The Morgan fingerprint density at radius 1 is 1.06 bits per heavy atom. The van der Waals surface area contributed by atoms with Crippen molar-refractivity contribution in [3.05, 3.63) is 81.8 Å². The number of halogens is 1. The molecule has 2 amide bonds. The van der Waals surface area contributed by atoms with Gasteiger partial charge in [0.25, 0.3) is 17.2 Å². The zero-order chi connectivity index (χ0) is 24.0. The molecular formula is C25H24FN4O4+. The van der Waals surface area contributed by atoms with E-state index < -0.39 is 23.2 Å². The Morgan fingerprint density at radius 2 is 1.76 bits per heavy atom. The molecule has 8 nitrogen and oxygen atoms in total. The summed E-state index contributed by atoms with van der Waals surface area (Å²) >= 11 is 0. The number of nitrogens with zero attached hydrogens (tertiary/aromatic N) is 3. The summed E-state index contributed by atoms with van der Waals surface area (Å²) in [7, 11) is 0. The molecule has 2 aromatic heterocycles. The first-order chi connectivity index (χ1) is 16.3. The molecule has 1 fully saturated rings. The van der Waals surface area contributed by atoms with Crippen molar-refractivity contribution in [2.45, 2.75) is 32.8 Å². The number of amides is 2. The quantitative estimate of drug-likeness (QED) is 0.464. The number of benzene rings is 1. The van der Waals surface area contributed by atoms with E-state index in [-0.39, 0.29) is 29.5 Å². The number of aryl methyl sites for hydroxylation is 2. The molecular weight excluding hydrogens is 439 g/mol. The Bertz CT molecular complexity index is 1360. The molecule has 174 valence electrons. The average molecular weight is 463 g/mol. The fourth-order valence-electron chi connectivity index (χ4n) is 4.45. The molecule has 1 N–H and O–H groups in total. The van der Waals surface area contributed by atoms with Crippen molar-refractivity contribution in [2.75, 3.05) is 13.2 Å². The van der Waals surface area contributed by atoms with E-state index in [1.807, 2.05) is 19.1 Å². The van der Waals surface area contributed by atoms with Gasteiger partial charge in [-0.1, -0.05) is 0 Å². The predicted molar refractivity (Wildman–Crippen MR) is 121 cm³/mol. The Labute approximate surface area is 194 Å². The third-order valence-electron chi connectivity index (χ3n) is 6.21. The Morgan fingerprint density at radius 3 is 2.41 bits per heavy atom. The minimum atomic E-state index is -0.533. The first-order valence-corrected chi connectivity index (χ1v) is 11.1. The van der Waals surface area contributed by atoms with Gasteiger partial charge in [-0.25, -0.2) is 9.07 Å². The van der Waals surface area contributed by atoms with Crippen LogP contribution in [0.1, 0.15) is 29.7 Å². The lowest BCUT2D eigenvalue weighted by Gasteiger charge is -2.18. The SMILES string of the molecule is Cc1cc[n+](C2=C(c3c(C)[nH]n(-c4ccc(F)cc4)c3=O)C(=O)N(C[C@@H]3CCCO3)C2=O)cc1. The molecule has 0 bridgehead atoms. The molecule has 0 aliphatic carbocycles. The molecule has 9 heteroatoms. The minimum Gasteiger partial charge on any atom is -0.376 e. The number of ether oxygens (including phenoxy) is 1. The van der Waals surface area contributed by atoms with E-state index >= 15 is 0 Å². The Hall–Kier alpha value is -3.85. The van der Waals surface area contributed by atoms with Crippen LogP contribution in [0, 0.1) is 19.7 Å². The van der Waals surface area contributed by atoms with Crippen LogP contribution >= 0.6 is 0 Å². The van der Waals surface area contributed by atoms with E-state index in [1.54, 1.807) is 23.9 Å². The van der Waals surface area contributed by atoms with Gasteiger partial charge in [-0.3, -0.25) is 24.4 Å². The first-order valence-electron chi connectivity index (χ1n) is 11.1. The summed E-state index contributed by atoms with van der Waals surface area (Å²) in [5, 5.41) is 2.96. The highest BCUT2D eigenvalue weighted by Crippen LogP contribution is 2.31. The second-order valence-corrected chi connectivity index (χ2v) is 8.59. The van der Waals surface area contributed by atoms with Crippen LogP contribution in [-0.4, -0.2) is 45.8 Å². The molecule has 1 atom stereocenters. The predicted octanol–water partition coefficient (Wildman–Crippen LogP) is 2.13. The van der Waals surface area contributed by atoms with E-state index in [2.05, 4.69) is 5.10 Å². The molecule has 0 unspecified atom stereocenters. The molecule has 0 spiro atoms. The summed E-state index contributed by atoms with van der Waals surface area (Å²) in [5.74, 6) is -1.44. The van der Waals surface area contributed by atoms with Crippen LogP contribution in [0.25, 0.3) is 17.0 Å². The van der Waals surface area contributed by atoms with Gasteiger partial charge >= 0.3 is 5.91 Å². The normalized spacial score (nSPS) is 18.4. The largest absolute Gasteiger partial charge is 0.376 e. The van der Waals surface area contributed by atoms with Crippen LogP contribution in [0.3, 0.4) is 0 Å². The molecule has 5 rings (SSSR count). The van der Waals surface area contributed by atoms with E-state index in [0.717, 1.165) is 18.4 Å². The molecule has 1 aromatic carbocycles. The lowest BCUT2D eigenvalue weighted by Crippen LogP contribution is -2.42. The lowest BCUT2D eigenvalue weighted by molar-refractivity contribution is -0.577. The van der Waals surface area contributed by atoms with Crippen LogP contribution in [-0.2, 0) is 14.3 Å². The number of carbonyl (C=O) groups is 2. The van der Waals surface area contributed by atoms with Crippen molar-refractivity contribution >= 4 is 23.1 Å². The zero-order valence-corrected chi connectivity index (χ0v) is 18.9. The summed E-state index contributed by atoms with van der Waals surface area (Å²) in [6.45, 7) is 4.32. The molecule has 0 saturated carbocycles. The van der Waals surface area contributed by atoms with Gasteiger partial charge in [-0.2, -0.15) is 4.57 Å². The maximum Gasteiger partial charge on any atom is 0.327 e. The summed E-state index contributed by atoms with van der Waals surface area (Å²) in [6, 6.07) is 9.07. The van der Waals surface area contributed by atoms with Gasteiger partial charge in [0, 0.05) is 24.4 Å². The summed E-state index contributed by atoms with van der Waals surface area (Å²) in [6.07, 6.45) is 4.82. The van der Waals surface area contributed by atoms with Crippen LogP contribution < -0.4 is 10.1 Å². The van der Waals surface area contributed by atoms with Gasteiger partial charge in [0.2, 0.25) is 0 Å². The fourth-order valence-corrected chi connectivity index (χ4v) is 4.45. The summed E-state index contributed by atoms with van der Waals surface area (Å²) < 4.78 is 21.9. The minimum absolute atomic E-state index is 0.0384. The van der Waals surface area contributed by atoms with Crippen LogP contribution in [0.5, 0.6) is 0 Å². The first kappa shape index (κ1) is 22.0. The van der Waals surface area contributed by atoms with E-state index in [4.69, 9.17) is 4.74 Å². The van der Waals surface area contributed by atoms with Crippen LogP contribution in [0.2, 0.25) is 0 Å². The number of hydrogen-bond acceptors (Lipinski definition) is 4. The summed E-state index contributed by atoms with van der Waals surface area (Å²) in [4.78, 5) is 41.8. The third-order valence-corrected chi connectivity index (χ3v) is 6.21. The number of aromatic nitrogens is 3. The zero-order valence-electron chi connectivity index (χ0n) is 18.9. The number of carbonyl (C=O) groups excluding carboxylic acids is 2. The molecule has 0 radical (unpaired) electrons. The number of pyridine rings is 1. The van der Waals surface area contributed by atoms with Gasteiger partial charge in [0.1, 0.15) is 11.4 Å². The third kappa shape index (κ3) is 3.67. The lowest BCUT2D eigenvalue weighted by atomic mass is 10.1. The van der Waals surface area contributed by atoms with E-state index in [9.17, 15) is 18.8 Å². The van der Waals surface area contributed by atoms with E-state index in [0.29, 0.717) is 18.0 Å². The molecule has 1 saturated heterocycles. The number of aromatic amines is 1. The standard InChI is InChI=1S/C25H23FN4O4/c1-15-9-11-28(12-10-15)22-21(23(31)29(25(22)33)14-19-4-3-13-34-19)20-16(2)27-30(24(20)32)18-7-5-17(26)6-8-18/h5-12,19H,3-4,13-14H2,1-2H3/p+1/t19-/m0/s1. The molecule has 4 heterocycles. The number of hydrogen-bond donors (Lipinski definition) is 1. The molecule has 34 heavy (non-hydrogen) atoms. The Kier molecular flexibility index (Phi) is 5.49. The number of rotatable bonds is 5. The van der Waals surface area contributed by atoms with Crippen molar-refractivity contribution in [2.24, 2.45) is 0 Å².